The number of hydrogen-bond donors (Lipinski definition) is 0. The fourth-order valence-electron chi connectivity index (χ4n) is 0.415. The van der Waals surface area contributed by atoms with Crippen molar-refractivity contribution < 1.29 is 14.3 Å². The summed E-state index contributed by atoms with van der Waals surface area (Å²) in [6.07, 6.45) is 0.917. The Kier molecular flexibility index (Phi) is 10.7. The van der Waals surface area contributed by atoms with Gasteiger partial charge in [-0.2, -0.15) is 0 Å². The molecule has 15 heavy (non-hydrogen) atoms. The van der Waals surface area contributed by atoms with E-state index in [4.69, 9.17) is 4.74 Å². The van der Waals surface area contributed by atoms with Crippen LogP contribution in [0.5, 0.6) is 0 Å². The maximum Gasteiger partial charge on any atom is 0.308 e. The van der Waals surface area contributed by atoms with Gasteiger partial charge in [0, 0.05) is 5.92 Å². The van der Waals surface area contributed by atoms with Crippen LogP contribution in [0.15, 0.2) is 0 Å². The van der Waals surface area contributed by atoms with E-state index in [0.29, 0.717) is 12.5 Å². The first-order chi connectivity index (χ1) is 6.81. The van der Waals surface area contributed by atoms with E-state index in [0.717, 1.165) is 6.29 Å². The summed E-state index contributed by atoms with van der Waals surface area (Å²) in [5, 5.41) is 0. The number of aldehydes is 1. The second kappa shape index (κ2) is 9.69. The first-order valence-corrected chi connectivity index (χ1v) is 5.43. The van der Waals surface area contributed by atoms with Gasteiger partial charge in [-0.15, -0.1) is 0 Å². The standard InChI is InChI=1S/C8H16O2.C4H8O/c1-6(2)5-10-8(9)7(3)4;1-4(2)3-5/h6-7H,5H2,1-4H3;3-4H,1-2H3. The SMILES string of the molecule is CC(C)C=O.CC(C)COC(=O)C(C)C. The van der Waals surface area contributed by atoms with Gasteiger partial charge in [-0.1, -0.05) is 41.5 Å². The van der Waals surface area contributed by atoms with Crippen LogP contribution in [-0.2, 0) is 14.3 Å². The molecule has 0 aliphatic heterocycles. The average molecular weight is 216 g/mol. The van der Waals surface area contributed by atoms with Gasteiger partial charge in [0.25, 0.3) is 0 Å². The molecule has 3 nitrogen and oxygen atoms in total. The van der Waals surface area contributed by atoms with Crippen LogP contribution in [0, 0.1) is 17.8 Å². The predicted octanol–water partition coefficient (Wildman–Crippen LogP) is 2.68. The van der Waals surface area contributed by atoms with Crippen LogP contribution >= 0.6 is 0 Å². The summed E-state index contributed by atoms with van der Waals surface area (Å²) in [6, 6.07) is 0. The highest BCUT2D eigenvalue weighted by Crippen LogP contribution is 1.99. The van der Waals surface area contributed by atoms with Crippen LogP contribution in [0.2, 0.25) is 0 Å². The van der Waals surface area contributed by atoms with Crippen molar-refractivity contribution in [2.45, 2.75) is 41.5 Å². The van der Waals surface area contributed by atoms with Crippen LogP contribution in [0.1, 0.15) is 41.5 Å². The number of hydrogen-bond acceptors (Lipinski definition) is 3. The normalized spacial score (nSPS) is 9.93. The Morgan fingerprint density at radius 3 is 1.73 bits per heavy atom. The first-order valence-electron chi connectivity index (χ1n) is 5.43. The molecule has 3 heteroatoms. The van der Waals surface area contributed by atoms with Crippen molar-refractivity contribution in [1.29, 1.82) is 0 Å². The molecule has 0 N–H and O–H groups in total. The summed E-state index contributed by atoms with van der Waals surface area (Å²) in [4.78, 5) is 20.3. The van der Waals surface area contributed by atoms with Gasteiger partial charge >= 0.3 is 5.97 Å². The lowest BCUT2D eigenvalue weighted by Crippen LogP contribution is -2.14. The molecule has 0 aromatic rings. The molecule has 0 bridgehead atoms. The molecular weight excluding hydrogens is 192 g/mol. The number of carbonyl (C=O) groups is 2. The Bertz CT molecular complexity index is 172. The van der Waals surface area contributed by atoms with E-state index < -0.39 is 0 Å². The molecule has 0 amide bonds. The van der Waals surface area contributed by atoms with E-state index >= 15 is 0 Å². The summed E-state index contributed by atoms with van der Waals surface area (Å²) >= 11 is 0. The highest BCUT2D eigenvalue weighted by molar-refractivity contribution is 5.71. The Hall–Kier alpha value is -0.860. The maximum absolute atomic E-state index is 10.8. The Morgan fingerprint density at radius 1 is 1.13 bits per heavy atom. The van der Waals surface area contributed by atoms with Gasteiger partial charge in [0.1, 0.15) is 6.29 Å². The van der Waals surface area contributed by atoms with Crippen LogP contribution in [-0.4, -0.2) is 18.9 Å². The number of carbonyl (C=O) groups excluding carboxylic acids is 2. The van der Waals surface area contributed by atoms with Crippen molar-refractivity contribution in [1.82, 2.24) is 0 Å². The van der Waals surface area contributed by atoms with Crippen molar-refractivity contribution in [3.8, 4) is 0 Å². The summed E-state index contributed by atoms with van der Waals surface area (Å²) in [5.74, 6) is 0.533. The molecular formula is C12H24O3. The first kappa shape index (κ1) is 16.6. The lowest BCUT2D eigenvalue weighted by atomic mass is 10.2. The monoisotopic (exact) mass is 216 g/mol. The third-order valence-corrected chi connectivity index (χ3v) is 1.30. The minimum atomic E-state index is -0.103. The summed E-state index contributed by atoms with van der Waals surface area (Å²) in [6.45, 7) is 12.0. The molecule has 0 saturated heterocycles. The quantitative estimate of drug-likeness (QED) is 0.536. The number of rotatable bonds is 4. The van der Waals surface area contributed by atoms with Crippen molar-refractivity contribution in [2.24, 2.45) is 17.8 Å². The van der Waals surface area contributed by atoms with E-state index in [2.05, 4.69) is 0 Å². The Balaban J connectivity index is 0. The molecule has 0 spiro atoms. The van der Waals surface area contributed by atoms with E-state index in [1.807, 2.05) is 41.5 Å². The van der Waals surface area contributed by atoms with Crippen molar-refractivity contribution in [2.75, 3.05) is 6.61 Å². The van der Waals surface area contributed by atoms with E-state index in [-0.39, 0.29) is 17.8 Å². The zero-order valence-corrected chi connectivity index (χ0v) is 10.7. The van der Waals surface area contributed by atoms with E-state index in [1.165, 1.54) is 0 Å². The van der Waals surface area contributed by atoms with Gasteiger partial charge in [-0.05, 0) is 5.92 Å². The summed E-state index contributed by atoms with van der Waals surface area (Å²) < 4.78 is 4.93. The highest BCUT2D eigenvalue weighted by atomic mass is 16.5. The third-order valence-electron chi connectivity index (χ3n) is 1.30. The molecule has 0 aromatic heterocycles. The molecule has 0 saturated carbocycles. The van der Waals surface area contributed by atoms with Crippen LogP contribution in [0.4, 0.5) is 0 Å². The zero-order valence-electron chi connectivity index (χ0n) is 10.7. The number of esters is 1. The Morgan fingerprint density at radius 2 is 1.53 bits per heavy atom. The van der Waals surface area contributed by atoms with Gasteiger partial charge in [-0.3, -0.25) is 4.79 Å². The minimum absolute atomic E-state index is 0.00116. The zero-order chi connectivity index (χ0) is 12.4. The molecule has 0 aliphatic rings. The minimum Gasteiger partial charge on any atom is -0.465 e. The fourth-order valence-corrected chi connectivity index (χ4v) is 0.415. The van der Waals surface area contributed by atoms with Crippen LogP contribution in [0.25, 0.3) is 0 Å². The lowest BCUT2D eigenvalue weighted by Gasteiger charge is -2.08. The molecule has 90 valence electrons. The second-order valence-electron chi connectivity index (χ2n) is 4.56. The van der Waals surface area contributed by atoms with E-state index in [9.17, 15) is 9.59 Å². The predicted molar refractivity (Wildman–Crippen MR) is 61.5 cm³/mol. The van der Waals surface area contributed by atoms with Gasteiger partial charge in [0.05, 0.1) is 12.5 Å². The Labute approximate surface area is 93.2 Å². The fraction of sp³-hybridized carbons (Fsp3) is 0.833. The molecule has 0 radical (unpaired) electrons. The second-order valence-corrected chi connectivity index (χ2v) is 4.56. The van der Waals surface area contributed by atoms with Gasteiger partial charge in [-0.25, -0.2) is 0 Å². The van der Waals surface area contributed by atoms with Gasteiger partial charge in [0.15, 0.2) is 0 Å². The summed E-state index contributed by atoms with van der Waals surface area (Å²) in [5.41, 5.74) is 0. The van der Waals surface area contributed by atoms with Gasteiger partial charge < -0.3 is 9.53 Å². The molecule has 0 heterocycles. The van der Waals surface area contributed by atoms with Crippen molar-refractivity contribution in [3.05, 3.63) is 0 Å². The maximum atomic E-state index is 10.8. The van der Waals surface area contributed by atoms with Gasteiger partial charge in [0.2, 0.25) is 0 Å². The summed E-state index contributed by atoms with van der Waals surface area (Å²) in [7, 11) is 0. The smallest absolute Gasteiger partial charge is 0.308 e. The van der Waals surface area contributed by atoms with E-state index in [1.54, 1.807) is 0 Å². The highest BCUT2D eigenvalue weighted by Gasteiger charge is 2.07. The lowest BCUT2D eigenvalue weighted by molar-refractivity contribution is -0.148. The third kappa shape index (κ3) is 15.9. The molecule has 0 unspecified atom stereocenters. The molecule has 0 fully saturated rings. The van der Waals surface area contributed by atoms with Crippen LogP contribution < -0.4 is 0 Å². The van der Waals surface area contributed by atoms with Crippen molar-refractivity contribution in [3.63, 3.8) is 0 Å². The number of ether oxygens (including phenoxy) is 1. The van der Waals surface area contributed by atoms with Crippen LogP contribution in [0.3, 0.4) is 0 Å². The largest absolute Gasteiger partial charge is 0.465 e. The van der Waals surface area contributed by atoms with Crippen molar-refractivity contribution >= 4 is 12.3 Å². The molecule has 0 aliphatic carbocycles. The molecule has 0 rings (SSSR count). The topological polar surface area (TPSA) is 43.4 Å². The molecule has 0 aromatic carbocycles. The average Bonchev–Trinajstić information content (AvgIpc) is 2.14. The molecule has 0 atom stereocenters.